The number of ketones is 1. The monoisotopic (exact) mass is 283 g/mol. The average Bonchev–Trinajstić information content (AvgIpc) is 2.32. The minimum atomic E-state index is -0.314. The van der Waals surface area contributed by atoms with Gasteiger partial charge in [0.25, 0.3) is 0 Å². The summed E-state index contributed by atoms with van der Waals surface area (Å²) in [6.07, 6.45) is 2.57. The number of benzene rings is 1. The van der Waals surface area contributed by atoms with Crippen molar-refractivity contribution >= 4 is 27.4 Å². The van der Waals surface area contributed by atoms with Crippen molar-refractivity contribution < 1.29 is 9.53 Å². The summed E-state index contributed by atoms with van der Waals surface area (Å²) in [5.41, 5.74) is 6.87. The van der Waals surface area contributed by atoms with Gasteiger partial charge in [0.05, 0.1) is 0 Å². The third-order valence-electron chi connectivity index (χ3n) is 2.75. The number of rotatable bonds is 2. The van der Waals surface area contributed by atoms with E-state index in [-0.39, 0.29) is 11.9 Å². The highest BCUT2D eigenvalue weighted by molar-refractivity contribution is 9.10. The van der Waals surface area contributed by atoms with E-state index in [4.69, 9.17) is 10.5 Å². The van der Waals surface area contributed by atoms with Gasteiger partial charge in [0, 0.05) is 22.3 Å². The number of Topliss-reactive ketones (excluding diaryl/α,β-unsaturated/α-hetero) is 1. The van der Waals surface area contributed by atoms with Gasteiger partial charge in [0.2, 0.25) is 0 Å². The van der Waals surface area contributed by atoms with E-state index in [0.29, 0.717) is 17.9 Å². The molecule has 1 aliphatic rings. The van der Waals surface area contributed by atoms with Gasteiger partial charge in [-0.05, 0) is 37.5 Å². The summed E-state index contributed by atoms with van der Waals surface area (Å²) >= 11 is 3.34. The van der Waals surface area contributed by atoms with E-state index < -0.39 is 0 Å². The van der Waals surface area contributed by atoms with Crippen LogP contribution < -0.4 is 5.73 Å². The second-order valence-electron chi connectivity index (χ2n) is 3.95. The summed E-state index contributed by atoms with van der Waals surface area (Å²) in [4.78, 5) is 12.1. The van der Waals surface area contributed by atoms with E-state index in [9.17, 15) is 4.79 Å². The van der Waals surface area contributed by atoms with Gasteiger partial charge in [-0.15, -0.1) is 0 Å². The predicted molar refractivity (Wildman–Crippen MR) is 66.5 cm³/mol. The largest absolute Gasteiger partial charge is 0.398 e. The first-order valence-corrected chi connectivity index (χ1v) is 6.18. The number of nitrogens with two attached hydrogens (primary N) is 1. The Bertz CT molecular complexity index is 400. The second-order valence-corrected chi connectivity index (χ2v) is 4.87. The van der Waals surface area contributed by atoms with Gasteiger partial charge < -0.3 is 10.5 Å². The fourth-order valence-electron chi connectivity index (χ4n) is 1.86. The van der Waals surface area contributed by atoms with Crippen molar-refractivity contribution in [3.63, 3.8) is 0 Å². The van der Waals surface area contributed by atoms with Crippen molar-refractivity contribution in [2.24, 2.45) is 0 Å². The van der Waals surface area contributed by atoms with E-state index in [1.54, 1.807) is 12.1 Å². The van der Waals surface area contributed by atoms with Gasteiger partial charge in [-0.1, -0.05) is 15.9 Å². The molecule has 1 fully saturated rings. The Morgan fingerprint density at radius 3 is 2.94 bits per heavy atom. The molecule has 1 unspecified atom stereocenters. The molecule has 0 spiro atoms. The van der Waals surface area contributed by atoms with Crippen molar-refractivity contribution in [3.8, 4) is 0 Å². The first kappa shape index (κ1) is 11.6. The summed E-state index contributed by atoms with van der Waals surface area (Å²) in [6.45, 7) is 0.671. The van der Waals surface area contributed by atoms with Crippen molar-refractivity contribution in [1.29, 1.82) is 0 Å². The van der Waals surface area contributed by atoms with E-state index in [2.05, 4.69) is 15.9 Å². The summed E-state index contributed by atoms with van der Waals surface area (Å²) < 4.78 is 6.33. The summed E-state index contributed by atoms with van der Waals surface area (Å²) in [5, 5.41) is 0. The molecule has 0 saturated carbocycles. The number of anilines is 1. The van der Waals surface area contributed by atoms with Crippen LogP contribution in [0.1, 0.15) is 29.6 Å². The Morgan fingerprint density at radius 1 is 1.44 bits per heavy atom. The molecule has 1 atom stereocenters. The van der Waals surface area contributed by atoms with E-state index in [0.717, 1.165) is 23.7 Å². The molecule has 0 radical (unpaired) electrons. The number of carbonyl (C=O) groups excluding carboxylic acids is 1. The van der Waals surface area contributed by atoms with Crippen LogP contribution >= 0.6 is 15.9 Å². The van der Waals surface area contributed by atoms with Gasteiger partial charge in [-0.25, -0.2) is 0 Å². The Balaban J connectivity index is 2.22. The molecular formula is C12H14BrNO2. The van der Waals surface area contributed by atoms with Crippen LogP contribution in [0, 0.1) is 0 Å². The lowest BCUT2D eigenvalue weighted by atomic mass is 9.99. The minimum absolute atomic E-state index is 0.00139. The number of nitrogen functional groups attached to an aromatic ring is 1. The number of hydrogen-bond acceptors (Lipinski definition) is 3. The zero-order valence-electron chi connectivity index (χ0n) is 8.91. The lowest BCUT2D eigenvalue weighted by Gasteiger charge is -2.21. The van der Waals surface area contributed by atoms with Crippen LogP contribution in [0.4, 0.5) is 5.69 Å². The van der Waals surface area contributed by atoms with Crippen LogP contribution in [0.25, 0.3) is 0 Å². The quantitative estimate of drug-likeness (QED) is 0.671. The summed E-state index contributed by atoms with van der Waals surface area (Å²) in [7, 11) is 0. The first-order chi connectivity index (χ1) is 7.68. The molecule has 2 N–H and O–H groups in total. The maximum atomic E-state index is 12.1. The van der Waals surface area contributed by atoms with Gasteiger partial charge in [-0.3, -0.25) is 4.79 Å². The Hall–Kier alpha value is -0.870. The molecule has 2 rings (SSSR count). The van der Waals surface area contributed by atoms with Gasteiger partial charge in [0.1, 0.15) is 6.10 Å². The highest BCUT2D eigenvalue weighted by Crippen LogP contribution is 2.23. The van der Waals surface area contributed by atoms with Gasteiger partial charge in [0.15, 0.2) is 5.78 Å². The molecule has 1 saturated heterocycles. The van der Waals surface area contributed by atoms with Crippen LogP contribution in [-0.2, 0) is 4.74 Å². The third kappa shape index (κ3) is 2.44. The lowest BCUT2D eigenvalue weighted by molar-refractivity contribution is 0.0187. The van der Waals surface area contributed by atoms with E-state index in [1.165, 1.54) is 0 Å². The maximum absolute atomic E-state index is 12.1. The zero-order chi connectivity index (χ0) is 11.5. The topological polar surface area (TPSA) is 52.3 Å². The second kappa shape index (κ2) is 4.97. The van der Waals surface area contributed by atoms with Crippen LogP contribution in [0.5, 0.6) is 0 Å². The molecule has 0 aromatic heterocycles. The van der Waals surface area contributed by atoms with Gasteiger partial charge in [-0.2, -0.15) is 0 Å². The third-order valence-corrected chi connectivity index (χ3v) is 3.25. The number of halogens is 1. The number of carbonyl (C=O) groups is 1. The maximum Gasteiger partial charge on any atom is 0.193 e. The number of hydrogen-bond donors (Lipinski definition) is 1. The molecule has 1 aromatic carbocycles. The molecule has 86 valence electrons. The highest BCUT2D eigenvalue weighted by Gasteiger charge is 2.24. The van der Waals surface area contributed by atoms with Crippen molar-refractivity contribution in [1.82, 2.24) is 0 Å². The average molecular weight is 284 g/mol. The van der Waals surface area contributed by atoms with E-state index >= 15 is 0 Å². The summed E-state index contributed by atoms with van der Waals surface area (Å²) in [6, 6.07) is 5.32. The molecule has 3 nitrogen and oxygen atoms in total. The highest BCUT2D eigenvalue weighted by atomic mass is 79.9. The van der Waals surface area contributed by atoms with E-state index in [1.807, 2.05) is 6.07 Å². The summed E-state index contributed by atoms with van der Waals surface area (Å²) in [5.74, 6) is -0.00139. The molecule has 4 heteroatoms. The van der Waals surface area contributed by atoms with Crippen molar-refractivity contribution in [3.05, 3.63) is 28.2 Å². The van der Waals surface area contributed by atoms with Crippen molar-refractivity contribution in [2.75, 3.05) is 12.3 Å². The SMILES string of the molecule is Nc1ccc(Br)cc1C(=O)C1CCCCO1. The minimum Gasteiger partial charge on any atom is -0.398 e. The predicted octanol–water partition coefficient (Wildman–Crippen LogP) is 2.78. The molecular weight excluding hydrogens is 270 g/mol. The molecule has 1 aliphatic heterocycles. The molecule has 0 amide bonds. The van der Waals surface area contributed by atoms with Gasteiger partial charge >= 0.3 is 0 Å². The number of ether oxygens (including phenoxy) is 1. The normalized spacial score (nSPS) is 20.7. The Labute approximate surface area is 103 Å². The lowest BCUT2D eigenvalue weighted by Crippen LogP contribution is -2.28. The smallest absolute Gasteiger partial charge is 0.193 e. The Kier molecular flexibility index (Phi) is 3.61. The molecule has 16 heavy (non-hydrogen) atoms. The van der Waals surface area contributed by atoms with Crippen LogP contribution in [0.15, 0.2) is 22.7 Å². The van der Waals surface area contributed by atoms with Crippen LogP contribution in [-0.4, -0.2) is 18.5 Å². The van der Waals surface area contributed by atoms with Crippen LogP contribution in [0.3, 0.4) is 0 Å². The van der Waals surface area contributed by atoms with Crippen LogP contribution in [0.2, 0.25) is 0 Å². The first-order valence-electron chi connectivity index (χ1n) is 5.39. The fraction of sp³-hybridized carbons (Fsp3) is 0.417. The zero-order valence-corrected chi connectivity index (χ0v) is 10.5. The fourth-order valence-corrected chi connectivity index (χ4v) is 2.22. The standard InChI is InChI=1S/C12H14BrNO2/c13-8-4-5-10(14)9(7-8)12(15)11-3-1-2-6-16-11/h4-5,7,11H,1-3,6,14H2. The van der Waals surface area contributed by atoms with Crippen molar-refractivity contribution in [2.45, 2.75) is 25.4 Å². The molecule has 0 aliphatic carbocycles. The molecule has 1 aromatic rings. The Morgan fingerprint density at radius 2 is 2.25 bits per heavy atom. The molecule has 1 heterocycles. The molecule has 0 bridgehead atoms.